The Morgan fingerprint density at radius 2 is 1.96 bits per heavy atom. The largest absolute Gasteiger partial charge is 0.508 e. The fourth-order valence-corrected chi connectivity index (χ4v) is 2.45. The molecule has 0 atom stereocenters. The third kappa shape index (κ3) is 3.84. The molecule has 0 saturated heterocycles. The molecule has 0 spiro atoms. The monoisotopic (exact) mass is 377 g/mol. The van der Waals surface area contributed by atoms with E-state index in [0.717, 1.165) is 10.7 Å². The van der Waals surface area contributed by atoms with Gasteiger partial charge in [-0.2, -0.15) is 18.3 Å². The fraction of sp³-hybridized carbons (Fsp3) is 0.118. The smallest absolute Gasteiger partial charge is 0.435 e. The molecule has 140 valence electrons. The number of phenolic OH excluding ortho intramolecular Hbond substituents is 1. The van der Waals surface area contributed by atoms with Crippen molar-refractivity contribution in [3.8, 4) is 17.0 Å². The molecule has 0 aliphatic heterocycles. The van der Waals surface area contributed by atoms with Gasteiger partial charge in [0.1, 0.15) is 17.3 Å². The number of hydrogen-bond donors (Lipinski definition) is 3. The minimum absolute atomic E-state index is 0.0210. The highest BCUT2D eigenvalue weighted by Gasteiger charge is 2.35. The Morgan fingerprint density at radius 1 is 1.22 bits per heavy atom. The number of carbonyl (C=O) groups excluding carboxylic acids is 1. The van der Waals surface area contributed by atoms with Crippen molar-refractivity contribution in [1.29, 1.82) is 0 Å². The molecule has 10 heteroatoms. The maximum atomic E-state index is 12.8. The molecule has 2 heterocycles. The number of rotatable bonds is 3. The van der Waals surface area contributed by atoms with Crippen molar-refractivity contribution >= 4 is 17.4 Å². The van der Waals surface area contributed by atoms with Gasteiger partial charge in [0, 0.05) is 24.4 Å². The zero-order valence-corrected chi connectivity index (χ0v) is 13.9. The van der Waals surface area contributed by atoms with Crippen LogP contribution in [0.25, 0.3) is 11.3 Å². The highest BCUT2D eigenvalue weighted by Crippen LogP contribution is 2.32. The van der Waals surface area contributed by atoms with Crippen molar-refractivity contribution in [2.45, 2.75) is 6.18 Å². The number of benzene rings is 1. The first kappa shape index (κ1) is 18.2. The second-order valence-corrected chi connectivity index (χ2v) is 5.67. The van der Waals surface area contributed by atoms with Crippen LogP contribution in [-0.2, 0) is 13.2 Å². The van der Waals surface area contributed by atoms with Gasteiger partial charge < -0.3 is 16.2 Å². The van der Waals surface area contributed by atoms with Crippen LogP contribution in [0.15, 0.2) is 42.5 Å². The first-order valence-corrected chi connectivity index (χ1v) is 7.63. The first-order valence-electron chi connectivity index (χ1n) is 7.63. The molecular weight excluding hydrogens is 363 g/mol. The number of nitrogens with zero attached hydrogens (tertiary/aromatic N) is 3. The van der Waals surface area contributed by atoms with Gasteiger partial charge in [-0.3, -0.25) is 9.48 Å². The number of aryl methyl sites for hydroxylation is 1. The van der Waals surface area contributed by atoms with Crippen LogP contribution in [0.2, 0.25) is 0 Å². The van der Waals surface area contributed by atoms with Gasteiger partial charge >= 0.3 is 6.18 Å². The maximum Gasteiger partial charge on any atom is 0.435 e. The van der Waals surface area contributed by atoms with Gasteiger partial charge in [-0.1, -0.05) is 6.07 Å². The number of anilines is 2. The Balaban J connectivity index is 1.88. The molecule has 0 aliphatic rings. The van der Waals surface area contributed by atoms with E-state index in [4.69, 9.17) is 5.73 Å². The summed E-state index contributed by atoms with van der Waals surface area (Å²) in [6.07, 6.45) is -4.58. The number of pyridine rings is 1. The van der Waals surface area contributed by atoms with Crippen LogP contribution >= 0.6 is 0 Å². The Kier molecular flexibility index (Phi) is 4.48. The number of nitrogens with one attached hydrogen (secondary N) is 1. The number of carbonyl (C=O) groups is 1. The van der Waals surface area contributed by atoms with Crippen LogP contribution in [0.1, 0.15) is 16.2 Å². The number of alkyl halides is 3. The molecule has 4 N–H and O–H groups in total. The number of nitrogens with two attached hydrogens (primary N) is 1. The molecule has 0 radical (unpaired) electrons. The van der Waals surface area contributed by atoms with Crippen molar-refractivity contribution < 1.29 is 23.1 Å². The van der Waals surface area contributed by atoms with E-state index in [1.807, 2.05) is 0 Å². The second kappa shape index (κ2) is 6.63. The third-order valence-electron chi connectivity index (χ3n) is 3.71. The van der Waals surface area contributed by atoms with E-state index in [1.54, 1.807) is 12.1 Å². The molecular formula is C17H14F3N5O2. The van der Waals surface area contributed by atoms with Gasteiger partial charge in [-0.25, -0.2) is 4.98 Å². The number of aromatic hydroxyl groups is 1. The zero-order valence-electron chi connectivity index (χ0n) is 13.9. The summed E-state index contributed by atoms with van der Waals surface area (Å²) in [5.41, 5.74) is 5.45. The highest BCUT2D eigenvalue weighted by atomic mass is 19.4. The molecule has 3 aromatic rings. The summed E-state index contributed by atoms with van der Waals surface area (Å²) in [5.74, 6) is -0.720. The number of nitrogen functional groups attached to an aromatic ring is 1. The number of aromatic nitrogens is 3. The van der Waals surface area contributed by atoms with E-state index >= 15 is 0 Å². The van der Waals surface area contributed by atoms with Gasteiger partial charge in [0.05, 0.1) is 5.69 Å². The number of hydrogen-bond acceptors (Lipinski definition) is 5. The lowest BCUT2D eigenvalue weighted by atomic mass is 10.1. The van der Waals surface area contributed by atoms with Gasteiger partial charge in [0.15, 0.2) is 5.69 Å². The summed E-state index contributed by atoms with van der Waals surface area (Å²) in [6, 6.07) is 9.52. The van der Waals surface area contributed by atoms with Gasteiger partial charge in [0.2, 0.25) is 0 Å². The highest BCUT2D eigenvalue weighted by molar-refractivity contribution is 6.03. The van der Waals surface area contributed by atoms with Crippen LogP contribution in [0.4, 0.5) is 24.7 Å². The average Bonchev–Trinajstić information content (AvgIpc) is 2.96. The lowest BCUT2D eigenvalue weighted by Gasteiger charge is -2.09. The van der Waals surface area contributed by atoms with Crippen molar-refractivity contribution in [2.24, 2.45) is 7.05 Å². The molecule has 3 rings (SSSR count). The van der Waals surface area contributed by atoms with Gasteiger partial charge in [-0.15, -0.1) is 0 Å². The number of phenols is 1. The van der Waals surface area contributed by atoms with E-state index in [1.165, 1.54) is 31.3 Å². The summed E-state index contributed by atoms with van der Waals surface area (Å²) in [5, 5.41) is 15.4. The number of amides is 1. The molecule has 7 nitrogen and oxygen atoms in total. The number of halogens is 3. The Labute approximate surface area is 151 Å². The molecule has 27 heavy (non-hydrogen) atoms. The van der Waals surface area contributed by atoms with E-state index in [0.29, 0.717) is 5.69 Å². The van der Waals surface area contributed by atoms with Crippen molar-refractivity contribution in [1.82, 2.24) is 14.8 Å². The standard InChI is InChI=1S/C17H14F3N5O2/c1-25-13(8-14(24-25)17(18,19)20)11-5-6-12(23-15(11)21)16(27)22-9-3-2-4-10(26)7-9/h2-8,26H,1H3,(H2,21,23)(H,22,27). The molecule has 0 bridgehead atoms. The summed E-state index contributed by atoms with van der Waals surface area (Å²) in [4.78, 5) is 16.2. The molecule has 2 aromatic heterocycles. The Bertz CT molecular complexity index is 1010. The summed E-state index contributed by atoms with van der Waals surface area (Å²) in [6.45, 7) is 0. The Hall–Kier alpha value is -3.56. The zero-order chi connectivity index (χ0) is 19.8. The quantitative estimate of drug-likeness (QED) is 0.651. The van der Waals surface area contributed by atoms with Crippen molar-refractivity contribution in [3.63, 3.8) is 0 Å². The van der Waals surface area contributed by atoms with Crippen molar-refractivity contribution in [2.75, 3.05) is 11.1 Å². The Morgan fingerprint density at radius 3 is 2.56 bits per heavy atom. The summed E-state index contributed by atoms with van der Waals surface area (Å²) in [7, 11) is 1.35. The predicted molar refractivity (Wildman–Crippen MR) is 91.9 cm³/mol. The second-order valence-electron chi connectivity index (χ2n) is 5.67. The summed E-state index contributed by atoms with van der Waals surface area (Å²) >= 11 is 0. The van der Waals surface area contributed by atoms with E-state index in [9.17, 15) is 23.1 Å². The molecule has 1 amide bonds. The fourth-order valence-electron chi connectivity index (χ4n) is 2.45. The molecule has 0 unspecified atom stereocenters. The van der Waals surface area contributed by atoms with Crippen LogP contribution in [0.5, 0.6) is 5.75 Å². The van der Waals surface area contributed by atoms with Crippen LogP contribution in [0.3, 0.4) is 0 Å². The minimum atomic E-state index is -4.58. The van der Waals surface area contributed by atoms with E-state index in [2.05, 4.69) is 15.4 Å². The first-order chi connectivity index (χ1) is 12.6. The average molecular weight is 377 g/mol. The predicted octanol–water partition coefficient (Wildman–Crippen LogP) is 3.04. The molecule has 1 aromatic carbocycles. The lowest BCUT2D eigenvalue weighted by Crippen LogP contribution is -2.14. The van der Waals surface area contributed by atoms with Gasteiger partial charge in [0.25, 0.3) is 5.91 Å². The molecule has 0 fully saturated rings. The SMILES string of the molecule is Cn1nc(C(F)(F)F)cc1-c1ccc(C(=O)Nc2cccc(O)c2)nc1N. The molecule has 0 aliphatic carbocycles. The third-order valence-corrected chi connectivity index (χ3v) is 3.71. The van der Waals surface area contributed by atoms with Crippen LogP contribution in [0, 0.1) is 0 Å². The van der Waals surface area contributed by atoms with E-state index in [-0.39, 0.29) is 28.5 Å². The van der Waals surface area contributed by atoms with Crippen LogP contribution in [-0.4, -0.2) is 25.8 Å². The minimum Gasteiger partial charge on any atom is -0.508 e. The van der Waals surface area contributed by atoms with Gasteiger partial charge in [-0.05, 0) is 30.3 Å². The topological polar surface area (TPSA) is 106 Å². The van der Waals surface area contributed by atoms with Crippen molar-refractivity contribution in [3.05, 3.63) is 53.9 Å². The normalized spacial score (nSPS) is 11.4. The lowest BCUT2D eigenvalue weighted by molar-refractivity contribution is -0.141. The summed E-state index contributed by atoms with van der Waals surface area (Å²) < 4.78 is 39.5. The molecule has 0 saturated carbocycles. The van der Waals surface area contributed by atoms with Crippen LogP contribution < -0.4 is 11.1 Å². The maximum absolute atomic E-state index is 12.8. The van der Waals surface area contributed by atoms with E-state index < -0.39 is 17.8 Å².